The van der Waals surface area contributed by atoms with Gasteiger partial charge in [0.1, 0.15) is 0 Å². The standard InChI is InChI=1S/C25H31ClN6O/c26-20-4-5-22-21(16-20)19(17-28-22)8-11-27-25(33)18-9-14-32(15-10-18)24-7-6-23(29-30-24)31-12-2-1-3-13-31/h4-7,16-18,28H,1-3,8-15H2,(H,27,33). The van der Waals surface area contributed by atoms with Gasteiger partial charge in [0.15, 0.2) is 11.6 Å². The first kappa shape index (κ1) is 22.0. The molecule has 0 radical (unpaired) electrons. The van der Waals surface area contributed by atoms with Crippen LogP contribution in [0.4, 0.5) is 11.6 Å². The molecule has 0 spiro atoms. The van der Waals surface area contributed by atoms with E-state index in [9.17, 15) is 4.79 Å². The number of fused-ring (bicyclic) bond motifs is 1. The molecule has 0 unspecified atom stereocenters. The Labute approximate surface area is 199 Å². The number of carbonyl (C=O) groups is 1. The lowest BCUT2D eigenvalue weighted by Gasteiger charge is -2.32. The Morgan fingerprint density at radius 2 is 1.70 bits per heavy atom. The van der Waals surface area contributed by atoms with Crippen molar-refractivity contribution < 1.29 is 4.79 Å². The third kappa shape index (κ3) is 5.08. The third-order valence-corrected chi connectivity index (χ3v) is 7.16. The van der Waals surface area contributed by atoms with Gasteiger partial charge in [-0.1, -0.05) is 11.6 Å². The SMILES string of the molecule is O=C(NCCc1c[nH]c2ccc(Cl)cc12)C1CCN(c2ccc(N3CCCCC3)nn2)CC1. The van der Waals surface area contributed by atoms with Gasteiger partial charge in [-0.3, -0.25) is 4.79 Å². The zero-order chi connectivity index (χ0) is 22.6. The van der Waals surface area contributed by atoms with Crippen LogP contribution in [0, 0.1) is 5.92 Å². The summed E-state index contributed by atoms with van der Waals surface area (Å²) in [5.74, 6) is 2.09. The minimum absolute atomic E-state index is 0.0549. The van der Waals surface area contributed by atoms with Crippen molar-refractivity contribution in [3.05, 3.63) is 47.1 Å². The lowest BCUT2D eigenvalue weighted by molar-refractivity contribution is -0.125. The van der Waals surface area contributed by atoms with Crippen LogP contribution in [0.15, 0.2) is 36.5 Å². The first-order valence-corrected chi connectivity index (χ1v) is 12.4. The van der Waals surface area contributed by atoms with E-state index < -0.39 is 0 Å². The summed E-state index contributed by atoms with van der Waals surface area (Å²) < 4.78 is 0. The Kier molecular flexibility index (Phi) is 6.67. The second kappa shape index (κ2) is 10.00. The lowest BCUT2D eigenvalue weighted by Crippen LogP contribution is -2.41. The molecule has 2 aliphatic heterocycles. The molecule has 2 aromatic heterocycles. The molecule has 33 heavy (non-hydrogen) atoms. The van der Waals surface area contributed by atoms with E-state index in [0.717, 1.165) is 73.0 Å². The molecule has 8 heteroatoms. The maximum Gasteiger partial charge on any atom is 0.223 e. The molecule has 0 saturated carbocycles. The molecule has 7 nitrogen and oxygen atoms in total. The van der Waals surface area contributed by atoms with Gasteiger partial charge in [0.2, 0.25) is 5.91 Å². The first-order chi connectivity index (χ1) is 16.2. The quantitative estimate of drug-likeness (QED) is 0.570. The summed E-state index contributed by atoms with van der Waals surface area (Å²) in [4.78, 5) is 20.5. The minimum Gasteiger partial charge on any atom is -0.361 e. The summed E-state index contributed by atoms with van der Waals surface area (Å²) in [7, 11) is 0. The minimum atomic E-state index is 0.0549. The average Bonchev–Trinajstić information content (AvgIpc) is 3.26. The van der Waals surface area contributed by atoms with Crippen molar-refractivity contribution in [2.24, 2.45) is 5.92 Å². The summed E-state index contributed by atoms with van der Waals surface area (Å²) in [5.41, 5.74) is 2.24. The van der Waals surface area contributed by atoms with E-state index >= 15 is 0 Å². The van der Waals surface area contributed by atoms with Crippen LogP contribution in [0.5, 0.6) is 0 Å². The number of halogens is 1. The van der Waals surface area contributed by atoms with Gasteiger partial charge in [0.05, 0.1) is 0 Å². The molecular formula is C25H31ClN6O. The molecule has 1 aromatic carbocycles. The largest absolute Gasteiger partial charge is 0.361 e. The van der Waals surface area contributed by atoms with E-state index in [0.29, 0.717) is 6.54 Å². The van der Waals surface area contributed by atoms with Crippen LogP contribution in [-0.4, -0.2) is 53.8 Å². The van der Waals surface area contributed by atoms with Gasteiger partial charge < -0.3 is 20.1 Å². The number of aromatic nitrogens is 3. The first-order valence-electron chi connectivity index (χ1n) is 12.0. The molecule has 0 bridgehead atoms. The van der Waals surface area contributed by atoms with Crippen molar-refractivity contribution >= 4 is 40.0 Å². The summed E-state index contributed by atoms with van der Waals surface area (Å²) >= 11 is 6.13. The van der Waals surface area contributed by atoms with Crippen molar-refractivity contribution in [3.63, 3.8) is 0 Å². The fourth-order valence-corrected chi connectivity index (χ4v) is 5.14. The number of nitrogens with zero attached hydrogens (tertiary/aromatic N) is 4. The number of aromatic amines is 1. The molecule has 3 aromatic rings. The monoisotopic (exact) mass is 466 g/mol. The number of hydrogen-bond donors (Lipinski definition) is 2. The second-order valence-electron chi connectivity index (χ2n) is 9.10. The summed E-state index contributed by atoms with van der Waals surface area (Å²) in [6.07, 6.45) is 8.23. The normalized spacial score (nSPS) is 17.5. The number of benzene rings is 1. The van der Waals surface area contributed by atoms with Gasteiger partial charge in [-0.2, -0.15) is 0 Å². The van der Waals surface area contributed by atoms with Crippen molar-refractivity contribution in [1.82, 2.24) is 20.5 Å². The highest BCUT2D eigenvalue weighted by molar-refractivity contribution is 6.31. The second-order valence-corrected chi connectivity index (χ2v) is 9.54. The van der Waals surface area contributed by atoms with Crippen molar-refractivity contribution in [2.45, 2.75) is 38.5 Å². The van der Waals surface area contributed by atoms with E-state index in [2.05, 4.69) is 42.4 Å². The van der Waals surface area contributed by atoms with Crippen molar-refractivity contribution in [1.29, 1.82) is 0 Å². The molecular weight excluding hydrogens is 436 g/mol. The van der Waals surface area contributed by atoms with Crippen LogP contribution in [0.2, 0.25) is 5.02 Å². The lowest BCUT2D eigenvalue weighted by atomic mass is 9.96. The maximum atomic E-state index is 12.7. The van der Waals surface area contributed by atoms with Crippen LogP contribution in [0.1, 0.15) is 37.7 Å². The van der Waals surface area contributed by atoms with E-state index in [1.54, 1.807) is 0 Å². The van der Waals surface area contributed by atoms with Crippen LogP contribution < -0.4 is 15.1 Å². The number of nitrogens with one attached hydrogen (secondary N) is 2. The predicted molar refractivity (Wildman–Crippen MR) is 133 cm³/mol. The number of H-pyrrole nitrogens is 1. The zero-order valence-electron chi connectivity index (χ0n) is 18.9. The Morgan fingerprint density at radius 3 is 2.39 bits per heavy atom. The van der Waals surface area contributed by atoms with Gasteiger partial charge in [0.25, 0.3) is 0 Å². The number of carbonyl (C=O) groups excluding carboxylic acids is 1. The zero-order valence-corrected chi connectivity index (χ0v) is 19.7. The molecule has 2 saturated heterocycles. The van der Waals surface area contributed by atoms with Crippen molar-refractivity contribution in [2.75, 3.05) is 42.5 Å². The van der Waals surface area contributed by atoms with Gasteiger partial charge in [-0.05, 0) is 74.4 Å². The Hall–Kier alpha value is -2.80. The highest BCUT2D eigenvalue weighted by Gasteiger charge is 2.26. The average molecular weight is 467 g/mol. The summed E-state index contributed by atoms with van der Waals surface area (Å²) in [5, 5.41) is 13.9. The highest BCUT2D eigenvalue weighted by Crippen LogP contribution is 2.25. The number of anilines is 2. The Bertz CT molecular complexity index is 1080. The molecule has 1 amide bonds. The van der Waals surface area contributed by atoms with Gasteiger partial charge in [-0.15, -0.1) is 10.2 Å². The van der Waals surface area contributed by atoms with Crippen LogP contribution in [-0.2, 0) is 11.2 Å². The number of hydrogen-bond acceptors (Lipinski definition) is 5. The van der Waals surface area contributed by atoms with E-state index in [-0.39, 0.29) is 11.8 Å². The van der Waals surface area contributed by atoms with Crippen LogP contribution in [0.3, 0.4) is 0 Å². The molecule has 2 aliphatic rings. The Morgan fingerprint density at radius 1 is 1.00 bits per heavy atom. The molecule has 0 atom stereocenters. The van der Waals surface area contributed by atoms with E-state index in [1.165, 1.54) is 24.8 Å². The van der Waals surface area contributed by atoms with Crippen molar-refractivity contribution in [3.8, 4) is 0 Å². The third-order valence-electron chi connectivity index (χ3n) is 6.93. The molecule has 174 valence electrons. The van der Waals surface area contributed by atoms with Crippen LogP contribution >= 0.6 is 11.6 Å². The maximum absolute atomic E-state index is 12.7. The van der Waals surface area contributed by atoms with Gasteiger partial charge >= 0.3 is 0 Å². The predicted octanol–water partition coefficient (Wildman–Crippen LogP) is 4.18. The van der Waals surface area contributed by atoms with E-state index in [1.807, 2.05) is 24.4 Å². The van der Waals surface area contributed by atoms with Gasteiger partial charge in [-0.25, -0.2) is 0 Å². The number of piperidine rings is 2. The molecule has 4 heterocycles. The number of rotatable bonds is 6. The molecule has 2 N–H and O–H groups in total. The Balaban J connectivity index is 1.09. The smallest absolute Gasteiger partial charge is 0.223 e. The van der Waals surface area contributed by atoms with E-state index in [4.69, 9.17) is 11.6 Å². The fourth-order valence-electron chi connectivity index (χ4n) is 4.97. The summed E-state index contributed by atoms with van der Waals surface area (Å²) in [6, 6.07) is 10.0. The highest BCUT2D eigenvalue weighted by atomic mass is 35.5. The van der Waals surface area contributed by atoms with Crippen LogP contribution in [0.25, 0.3) is 10.9 Å². The fraction of sp³-hybridized carbons (Fsp3) is 0.480. The topological polar surface area (TPSA) is 77.2 Å². The summed E-state index contributed by atoms with van der Waals surface area (Å²) in [6.45, 7) is 4.43. The molecule has 0 aliphatic carbocycles. The molecule has 2 fully saturated rings. The molecule has 5 rings (SSSR count). The number of amides is 1. The van der Waals surface area contributed by atoms with Gasteiger partial charge in [0, 0.05) is 60.8 Å².